The van der Waals surface area contributed by atoms with Crippen LogP contribution in [0.5, 0.6) is 0 Å². The van der Waals surface area contributed by atoms with Crippen LogP contribution in [0.25, 0.3) is 0 Å². The first-order chi connectivity index (χ1) is 4.88. The molecule has 0 aliphatic rings. The Labute approximate surface area is 67.1 Å². The molecule has 0 aromatic carbocycles. The molecule has 3 heteroatoms. The molecule has 0 aromatic rings. The second-order valence-corrected chi connectivity index (χ2v) is 3.55. The Hall–Kier alpha value is -0.830. The standard InChI is InChI=1S/C8H15NO2/c1-6(8(2,3)4)5-7(10)9-11/h5,11H,1-4H3,(H,9,10)/b6-5+. The zero-order chi connectivity index (χ0) is 9.07. The lowest BCUT2D eigenvalue weighted by Gasteiger charge is -2.18. The fourth-order valence-corrected chi connectivity index (χ4v) is 0.445. The SMILES string of the molecule is C/C(=C\C(=O)NO)C(C)(C)C. The van der Waals surface area contributed by atoms with Crippen molar-refractivity contribution in [2.45, 2.75) is 27.7 Å². The summed E-state index contributed by atoms with van der Waals surface area (Å²) in [6.07, 6.45) is 1.39. The van der Waals surface area contributed by atoms with Crippen molar-refractivity contribution in [1.82, 2.24) is 5.48 Å². The van der Waals surface area contributed by atoms with Gasteiger partial charge in [0.2, 0.25) is 0 Å². The van der Waals surface area contributed by atoms with E-state index < -0.39 is 5.91 Å². The van der Waals surface area contributed by atoms with E-state index in [-0.39, 0.29) is 5.41 Å². The van der Waals surface area contributed by atoms with Gasteiger partial charge in [-0.1, -0.05) is 26.3 Å². The summed E-state index contributed by atoms with van der Waals surface area (Å²) in [5, 5.41) is 8.21. The molecule has 0 bridgehead atoms. The van der Waals surface area contributed by atoms with Gasteiger partial charge in [0.15, 0.2) is 0 Å². The highest BCUT2D eigenvalue weighted by Crippen LogP contribution is 2.23. The van der Waals surface area contributed by atoms with E-state index in [9.17, 15) is 4.79 Å². The smallest absolute Gasteiger partial charge is 0.267 e. The van der Waals surface area contributed by atoms with Crippen molar-refractivity contribution >= 4 is 5.91 Å². The van der Waals surface area contributed by atoms with E-state index in [1.165, 1.54) is 6.08 Å². The van der Waals surface area contributed by atoms with Crippen molar-refractivity contribution in [2.24, 2.45) is 5.41 Å². The molecule has 2 N–H and O–H groups in total. The minimum Gasteiger partial charge on any atom is -0.288 e. The van der Waals surface area contributed by atoms with Gasteiger partial charge in [0.05, 0.1) is 0 Å². The van der Waals surface area contributed by atoms with Crippen LogP contribution in [0.4, 0.5) is 0 Å². The van der Waals surface area contributed by atoms with Crippen molar-refractivity contribution in [3.8, 4) is 0 Å². The molecule has 0 spiro atoms. The van der Waals surface area contributed by atoms with Gasteiger partial charge >= 0.3 is 0 Å². The number of rotatable bonds is 1. The quantitative estimate of drug-likeness (QED) is 0.344. The van der Waals surface area contributed by atoms with Gasteiger partial charge < -0.3 is 0 Å². The van der Waals surface area contributed by atoms with Gasteiger partial charge in [0.25, 0.3) is 5.91 Å². The molecule has 0 aliphatic heterocycles. The Kier molecular flexibility index (Phi) is 3.26. The molecular formula is C8H15NO2. The third kappa shape index (κ3) is 3.78. The molecule has 0 saturated heterocycles. The first kappa shape index (κ1) is 10.2. The zero-order valence-corrected chi connectivity index (χ0v) is 7.43. The highest BCUT2D eigenvalue weighted by atomic mass is 16.5. The first-order valence-corrected chi connectivity index (χ1v) is 3.51. The highest BCUT2D eigenvalue weighted by molar-refractivity contribution is 5.87. The summed E-state index contributed by atoms with van der Waals surface area (Å²) in [4.78, 5) is 10.6. The van der Waals surface area contributed by atoms with Gasteiger partial charge in [-0.2, -0.15) is 0 Å². The molecule has 3 nitrogen and oxygen atoms in total. The number of nitrogens with one attached hydrogen (secondary N) is 1. The van der Waals surface area contributed by atoms with Crippen LogP contribution in [-0.4, -0.2) is 11.1 Å². The second-order valence-electron chi connectivity index (χ2n) is 3.55. The molecule has 0 rings (SSSR count). The van der Waals surface area contributed by atoms with Crippen molar-refractivity contribution in [3.05, 3.63) is 11.6 Å². The van der Waals surface area contributed by atoms with Gasteiger partial charge in [0, 0.05) is 6.08 Å². The molecule has 0 unspecified atom stereocenters. The molecule has 0 radical (unpaired) electrons. The lowest BCUT2D eigenvalue weighted by atomic mass is 9.87. The van der Waals surface area contributed by atoms with Gasteiger partial charge in [-0.05, 0) is 12.3 Å². The number of allylic oxidation sites excluding steroid dienone is 1. The van der Waals surface area contributed by atoms with Crippen LogP contribution in [-0.2, 0) is 4.79 Å². The lowest BCUT2D eigenvalue weighted by Crippen LogP contribution is -2.18. The van der Waals surface area contributed by atoms with Crippen molar-refractivity contribution < 1.29 is 10.0 Å². The van der Waals surface area contributed by atoms with Crippen LogP contribution in [0.15, 0.2) is 11.6 Å². The van der Waals surface area contributed by atoms with Crippen molar-refractivity contribution in [2.75, 3.05) is 0 Å². The van der Waals surface area contributed by atoms with Gasteiger partial charge in [-0.15, -0.1) is 0 Å². The van der Waals surface area contributed by atoms with Crippen LogP contribution >= 0.6 is 0 Å². The summed E-state index contributed by atoms with van der Waals surface area (Å²) in [7, 11) is 0. The minimum absolute atomic E-state index is 0.0213. The molecule has 0 heterocycles. The molecule has 0 atom stereocenters. The fourth-order valence-electron chi connectivity index (χ4n) is 0.445. The largest absolute Gasteiger partial charge is 0.288 e. The molecule has 1 amide bonds. The third-order valence-corrected chi connectivity index (χ3v) is 1.64. The summed E-state index contributed by atoms with van der Waals surface area (Å²) in [6, 6.07) is 0. The van der Waals surface area contributed by atoms with Crippen LogP contribution < -0.4 is 5.48 Å². The monoisotopic (exact) mass is 157 g/mol. The summed E-state index contributed by atoms with van der Waals surface area (Å²) in [5.41, 5.74) is 2.47. The fraction of sp³-hybridized carbons (Fsp3) is 0.625. The summed E-state index contributed by atoms with van der Waals surface area (Å²) >= 11 is 0. The Morgan fingerprint density at radius 1 is 1.45 bits per heavy atom. The van der Waals surface area contributed by atoms with E-state index in [4.69, 9.17) is 5.21 Å². The number of hydrogen-bond donors (Lipinski definition) is 2. The van der Waals surface area contributed by atoms with E-state index >= 15 is 0 Å². The topological polar surface area (TPSA) is 49.3 Å². The number of amides is 1. The number of carbonyl (C=O) groups is 1. The predicted octanol–water partition coefficient (Wildman–Crippen LogP) is 1.48. The number of hydrogen-bond acceptors (Lipinski definition) is 2. The van der Waals surface area contributed by atoms with Gasteiger partial charge in [-0.3, -0.25) is 10.0 Å². The maximum atomic E-state index is 10.6. The lowest BCUT2D eigenvalue weighted by molar-refractivity contribution is -0.124. The first-order valence-electron chi connectivity index (χ1n) is 3.51. The van der Waals surface area contributed by atoms with E-state index in [0.29, 0.717) is 0 Å². The maximum Gasteiger partial charge on any atom is 0.267 e. The Balaban J connectivity index is 4.35. The average Bonchev–Trinajstić information content (AvgIpc) is 1.85. The predicted molar refractivity (Wildman–Crippen MR) is 43.1 cm³/mol. The molecule has 0 aromatic heterocycles. The summed E-state index contributed by atoms with van der Waals surface area (Å²) in [6.45, 7) is 7.87. The second kappa shape index (κ2) is 3.53. The Bertz CT molecular complexity index is 177. The number of carbonyl (C=O) groups excluding carboxylic acids is 1. The molecule has 11 heavy (non-hydrogen) atoms. The van der Waals surface area contributed by atoms with Crippen molar-refractivity contribution in [3.63, 3.8) is 0 Å². The van der Waals surface area contributed by atoms with Gasteiger partial charge in [-0.25, -0.2) is 5.48 Å². The maximum absolute atomic E-state index is 10.6. The van der Waals surface area contributed by atoms with Crippen molar-refractivity contribution in [1.29, 1.82) is 0 Å². The Morgan fingerprint density at radius 3 is 2.18 bits per heavy atom. The average molecular weight is 157 g/mol. The van der Waals surface area contributed by atoms with Crippen LogP contribution in [0.1, 0.15) is 27.7 Å². The summed E-state index contributed by atoms with van der Waals surface area (Å²) < 4.78 is 0. The number of hydroxylamine groups is 1. The van der Waals surface area contributed by atoms with Crippen LogP contribution in [0, 0.1) is 5.41 Å². The molecule has 64 valence electrons. The third-order valence-electron chi connectivity index (χ3n) is 1.64. The van der Waals surface area contributed by atoms with E-state index in [1.807, 2.05) is 27.7 Å². The van der Waals surface area contributed by atoms with Crippen LogP contribution in [0.3, 0.4) is 0 Å². The van der Waals surface area contributed by atoms with E-state index in [0.717, 1.165) is 5.57 Å². The van der Waals surface area contributed by atoms with Gasteiger partial charge in [0.1, 0.15) is 0 Å². The molecule has 0 aliphatic carbocycles. The molecular weight excluding hydrogens is 142 g/mol. The molecule has 0 saturated carbocycles. The van der Waals surface area contributed by atoms with Crippen LogP contribution in [0.2, 0.25) is 0 Å². The van der Waals surface area contributed by atoms with E-state index in [2.05, 4.69) is 0 Å². The zero-order valence-electron chi connectivity index (χ0n) is 7.43. The molecule has 0 fully saturated rings. The summed E-state index contributed by atoms with van der Waals surface area (Å²) in [5.74, 6) is -0.475. The van der Waals surface area contributed by atoms with E-state index in [1.54, 1.807) is 5.48 Å². The normalized spacial score (nSPS) is 13.0. The highest BCUT2D eigenvalue weighted by Gasteiger charge is 2.13. The Morgan fingerprint density at radius 2 is 1.91 bits per heavy atom. The minimum atomic E-state index is -0.475.